The van der Waals surface area contributed by atoms with Crippen LogP contribution in [0.2, 0.25) is 0 Å². The Morgan fingerprint density at radius 3 is 2.48 bits per heavy atom. The lowest BCUT2D eigenvalue weighted by Gasteiger charge is -2.17. The van der Waals surface area contributed by atoms with E-state index in [1.165, 1.54) is 7.11 Å². The average Bonchev–Trinajstić information content (AvgIpc) is 2.78. The lowest BCUT2D eigenvalue weighted by atomic mass is 10.0. The molecule has 2 amide bonds. The maximum Gasteiger partial charge on any atom is 0.328 e. The number of allylic oxidation sites excluding steroid dienone is 1. The van der Waals surface area contributed by atoms with Crippen LogP contribution in [0.4, 0.5) is 0 Å². The Balaban J connectivity index is 1.98. The van der Waals surface area contributed by atoms with Crippen molar-refractivity contribution in [3.8, 4) is 0 Å². The van der Waals surface area contributed by atoms with Crippen LogP contribution in [0.1, 0.15) is 40.7 Å². The van der Waals surface area contributed by atoms with Crippen LogP contribution in [0.3, 0.4) is 0 Å². The molecule has 0 aliphatic heterocycles. The molecule has 0 heterocycles. The van der Waals surface area contributed by atoms with E-state index in [4.69, 9.17) is 4.74 Å². The van der Waals surface area contributed by atoms with Gasteiger partial charge in [-0.2, -0.15) is 0 Å². The minimum atomic E-state index is -0.770. The fourth-order valence-corrected chi connectivity index (χ4v) is 3.02. The molecule has 0 aromatic heterocycles. The van der Waals surface area contributed by atoms with Gasteiger partial charge in [-0.25, -0.2) is 4.79 Å². The number of nitrogens with one attached hydrogen (secondary N) is 1. The standard InChI is InChI=1S/C25H30N2O4/c1-27(2)23(28)16-9-5-8-11-19-14-10-15-21(17-19)24(29)26-22(25(30)31-3)18-20-12-6-4-7-13-20/h4,6-8,10-15,17,22H,5,9,16,18H2,1-3H3,(H,26,29)/t22-/m0/s1. The Bertz CT molecular complexity index is 907. The van der Waals surface area contributed by atoms with E-state index < -0.39 is 12.0 Å². The van der Waals surface area contributed by atoms with Gasteiger partial charge in [-0.1, -0.05) is 54.6 Å². The minimum absolute atomic E-state index is 0.114. The molecule has 1 N–H and O–H groups in total. The number of nitrogens with zero attached hydrogens (tertiary/aromatic N) is 1. The molecular formula is C25H30N2O4. The van der Waals surface area contributed by atoms with Gasteiger partial charge in [-0.3, -0.25) is 9.59 Å². The van der Waals surface area contributed by atoms with Crippen LogP contribution in [0, 0.1) is 0 Å². The molecule has 31 heavy (non-hydrogen) atoms. The van der Waals surface area contributed by atoms with Crippen molar-refractivity contribution in [3.05, 3.63) is 77.4 Å². The Morgan fingerprint density at radius 2 is 1.81 bits per heavy atom. The van der Waals surface area contributed by atoms with Crippen LogP contribution in [0.15, 0.2) is 60.7 Å². The normalized spacial score (nSPS) is 11.7. The molecule has 0 unspecified atom stereocenters. The summed E-state index contributed by atoms with van der Waals surface area (Å²) in [6.45, 7) is 0. The van der Waals surface area contributed by atoms with Crippen LogP contribution in [-0.2, 0) is 20.7 Å². The number of unbranched alkanes of at least 4 members (excludes halogenated alkanes) is 1. The second-order valence-electron chi connectivity index (χ2n) is 7.45. The monoisotopic (exact) mass is 422 g/mol. The molecule has 164 valence electrons. The number of rotatable bonds is 10. The van der Waals surface area contributed by atoms with Crippen molar-refractivity contribution in [2.75, 3.05) is 21.2 Å². The summed E-state index contributed by atoms with van der Waals surface area (Å²) < 4.78 is 4.86. The van der Waals surface area contributed by atoms with Crippen molar-refractivity contribution in [3.63, 3.8) is 0 Å². The number of methoxy groups -OCH3 is 1. The molecule has 6 nitrogen and oxygen atoms in total. The Kier molecular flexibility index (Phi) is 9.49. The highest BCUT2D eigenvalue weighted by Crippen LogP contribution is 2.11. The van der Waals surface area contributed by atoms with E-state index in [9.17, 15) is 14.4 Å². The van der Waals surface area contributed by atoms with Crippen molar-refractivity contribution in [1.82, 2.24) is 10.2 Å². The third-order valence-electron chi connectivity index (χ3n) is 4.79. The first-order valence-corrected chi connectivity index (χ1v) is 10.3. The zero-order valence-corrected chi connectivity index (χ0v) is 18.3. The molecule has 1 atom stereocenters. The van der Waals surface area contributed by atoms with E-state index in [-0.39, 0.29) is 11.8 Å². The summed E-state index contributed by atoms with van der Waals surface area (Å²) in [5.41, 5.74) is 2.28. The van der Waals surface area contributed by atoms with Gasteiger partial charge in [0.05, 0.1) is 7.11 Å². The van der Waals surface area contributed by atoms with Gasteiger partial charge in [0, 0.05) is 32.5 Å². The van der Waals surface area contributed by atoms with Gasteiger partial charge in [-0.15, -0.1) is 0 Å². The molecule has 0 bridgehead atoms. The highest BCUT2D eigenvalue weighted by Gasteiger charge is 2.22. The summed E-state index contributed by atoms with van der Waals surface area (Å²) in [6.07, 6.45) is 6.33. The summed E-state index contributed by atoms with van der Waals surface area (Å²) in [5, 5.41) is 2.78. The lowest BCUT2D eigenvalue weighted by molar-refractivity contribution is -0.142. The molecule has 0 saturated carbocycles. The Morgan fingerprint density at radius 1 is 1.06 bits per heavy atom. The molecule has 0 fully saturated rings. The quantitative estimate of drug-likeness (QED) is 0.470. The number of hydrogen-bond donors (Lipinski definition) is 1. The third kappa shape index (κ3) is 8.09. The van der Waals surface area contributed by atoms with Gasteiger partial charge in [0.15, 0.2) is 0 Å². The van der Waals surface area contributed by atoms with Crippen molar-refractivity contribution < 1.29 is 19.1 Å². The minimum Gasteiger partial charge on any atom is -0.467 e. The molecule has 6 heteroatoms. The number of hydrogen-bond acceptors (Lipinski definition) is 4. The fraction of sp³-hybridized carbons (Fsp3) is 0.320. The van der Waals surface area contributed by atoms with Gasteiger partial charge in [0.1, 0.15) is 6.04 Å². The summed E-state index contributed by atoms with van der Waals surface area (Å²) in [5.74, 6) is -0.707. The largest absolute Gasteiger partial charge is 0.467 e. The summed E-state index contributed by atoms with van der Waals surface area (Å²) in [6, 6.07) is 15.9. The zero-order chi connectivity index (χ0) is 22.6. The van der Waals surface area contributed by atoms with Crippen molar-refractivity contribution in [2.45, 2.75) is 31.7 Å². The third-order valence-corrected chi connectivity index (χ3v) is 4.79. The predicted molar refractivity (Wildman–Crippen MR) is 121 cm³/mol. The fourth-order valence-electron chi connectivity index (χ4n) is 3.02. The lowest BCUT2D eigenvalue weighted by Crippen LogP contribution is -2.43. The van der Waals surface area contributed by atoms with Crippen LogP contribution < -0.4 is 5.32 Å². The first-order valence-electron chi connectivity index (χ1n) is 10.3. The van der Waals surface area contributed by atoms with Gasteiger partial charge < -0.3 is 15.0 Å². The Hall–Kier alpha value is -3.41. The molecule has 0 aliphatic carbocycles. The van der Waals surface area contributed by atoms with Crippen molar-refractivity contribution in [1.29, 1.82) is 0 Å². The SMILES string of the molecule is COC(=O)[C@H](Cc1ccccc1)NC(=O)c1cccc(C=CCCCC(=O)N(C)C)c1. The van der Waals surface area contributed by atoms with Crippen molar-refractivity contribution in [2.24, 2.45) is 0 Å². The number of carbonyl (C=O) groups is 3. The van der Waals surface area contributed by atoms with E-state index in [1.54, 1.807) is 37.2 Å². The smallest absolute Gasteiger partial charge is 0.328 e. The summed E-state index contributed by atoms with van der Waals surface area (Å²) >= 11 is 0. The number of carbonyl (C=O) groups excluding carboxylic acids is 3. The van der Waals surface area contributed by atoms with Crippen LogP contribution in [0.5, 0.6) is 0 Å². The van der Waals surface area contributed by atoms with E-state index >= 15 is 0 Å². The van der Waals surface area contributed by atoms with Crippen LogP contribution >= 0.6 is 0 Å². The molecule has 0 spiro atoms. The highest BCUT2D eigenvalue weighted by atomic mass is 16.5. The molecule has 0 aliphatic rings. The number of benzene rings is 2. The molecular weight excluding hydrogens is 392 g/mol. The maximum atomic E-state index is 12.7. The van der Waals surface area contributed by atoms with E-state index in [0.717, 1.165) is 24.0 Å². The van der Waals surface area contributed by atoms with Gasteiger partial charge in [0.25, 0.3) is 5.91 Å². The molecule has 0 saturated heterocycles. The molecule has 2 aromatic carbocycles. The number of ether oxygens (including phenoxy) is 1. The first kappa shape index (κ1) is 23.9. The summed E-state index contributed by atoms with van der Waals surface area (Å²) in [7, 11) is 4.81. The maximum absolute atomic E-state index is 12.7. The van der Waals surface area contributed by atoms with Gasteiger partial charge in [0.2, 0.25) is 5.91 Å². The van der Waals surface area contributed by atoms with Gasteiger partial charge >= 0.3 is 5.97 Å². The predicted octanol–water partition coefficient (Wildman–Crippen LogP) is 3.47. The number of esters is 1. The zero-order valence-electron chi connectivity index (χ0n) is 18.3. The van der Waals surface area contributed by atoms with E-state index in [0.29, 0.717) is 18.4 Å². The van der Waals surface area contributed by atoms with E-state index in [2.05, 4.69) is 5.32 Å². The van der Waals surface area contributed by atoms with Crippen LogP contribution in [-0.4, -0.2) is 49.9 Å². The van der Waals surface area contributed by atoms with Crippen molar-refractivity contribution >= 4 is 23.9 Å². The van der Waals surface area contributed by atoms with E-state index in [1.807, 2.05) is 48.6 Å². The molecule has 2 rings (SSSR count). The highest BCUT2D eigenvalue weighted by molar-refractivity contribution is 5.97. The van der Waals surface area contributed by atoms with Crippen LogP contribution in [0.25, 0.3) is 6.08 Å². The second kappa shape index (κ2) is 12.3. The van der Waals surface area contributed by atoms with Gasteiger partial charge in [-0.05, 0) is 36.1 Å². The molecule has 0 radical (unpaired) electrons. The Labute approximate surface area is 183 Å². The first-order chi connectivity index (χ1) is 14.9. The summed E-state index contributed by atoms with van der Waals surface area (Å²) in [4.78, 5) is 38.1. The second-order valence-corrected chi connectivity index (χ2v) is 7.45. The topological polar surface area (TPSA) is 75.7 Å². The number of amides is 2. The average molecular weight is 423 g/mol. The molecule has 2 aromatic rings.